The lowest BCUT2D eigenvalue weighted by Gasteiger charge is -2.39. The molecule has 1 fully saturated rings. The molecular formula is C22H27ClN2O3. The van der Waals surface area contributed by atoms with E-state index in [9.17, 15) is 9.90 Å². The van der Waals surface area contributed by atoms with Crippen LogP contribution in [0.25, 0.3) is 0 Å². The van der Waals surface area contributed by atoms with Crippen molar-refractivity contribution in [1.29, 1.82) is 0 Å². The number of β-amino-alcohol motifs (C(OH)–C–C–N with tert-alkyl or cyclic N) is 1. The van der Waals surface area contributed by atoms with Crippen LogP contribution in [0, 0.1) is 0 Å². The van der Waals surface area contributed by atoms with Gasteiger partial charge >= 0.3 is 5.97 Å². The molecule has 0 radical (unpaired) electrons. The normalized spacial score (nSPS) is 17.8. The number of hydrogen-bond acceptors (Lipinski definition) is 5. The van der Waals surface area contributed by atoms with Crippen LogP contribution in [0.1, 0.15) is 30.2 Å². The van der Waals surface area contributed by atoms with Gasteiger partial charge in [-0.15, -0.1) is 0 Å². The smallest absolute Gasteiger partial charge is 0.328 e. The number of benzene rings is 2. The highest BCUT2D eigenvalue weighted by atomic mass is 35.5. The summed E-state index contributed by atoms with van der Waals surface area (Å²) in [6.07, 6.45) is -0.509. The molecule has 0 aromatic heterocycles. The molecule has 1 aliphatic heterocycles. The van der Waals surface area contributed by atoms with E-state index in [-0.39, 0.29) is 5.97 Å². The molecular weight excluding hydrogens is 376 g/mol. The third-order valence-electron chi connectivity index (χ3n) is 5.08. The van der Waals surface area contributed by atoms with Crippen LogP contribution in [0.4, 0.5) is 0 Å². The average Bonchev–Trinajstić information content (AvgIpc) is 2.72. The second-order valence-electron chi connectivity index (χ2n) is 6.97. The van der Waals surface area contributed by atoms with Gasteiger partial charge in [0.05, 0.1) is 12.7 Å². The van der Waals surface area contributed by atoms with Gasteiger partial charge in [0.25, 0.3) is 0 Å². The van der Waals surface area contributed by atoms with Crippen LogP contribution in [-0.4, -0.2) is 60.2 Å². The van der Waals surface area contributed by atoms with Gasteiger partial charge in [-0.25, -0.2) is 4.79 Å². The predicted octanol–water partition coefficient (Wildman–Crippen LogP) is 3.30. The van der Waals surface area contributed by atoms with Gasteiger partial charge in [0.2, 0.25) is 0 Å². The molecule has 1 aliphatic rings. The molecule has 1 saturated heterocycles. The highest BCUT2D eigenvalue weighted by Crippen LogP contribution is 2.26. The SMILES string of the molecule is CCOC(=O)C(c1ccc(Cl)cc1)N1CCN(CC(O)c2ccccc2)CC1. The highest BCUT2D eigenvalue weighted by Gasteiger charge is 2.32. The predicted molar refractivity (Wildman–Crippen MR) is 110 cm³/mol. The molecule has 3 rings (SSSR count). The Balaban J connectivity index is 1.63. The number of hydrogen-bond donors (Lipinski definition) is 1. The van der Waals surface area contributed by atoms with Gasteiger partial charge in [-0.1, -0.05) is 54.1 Å². The lowest BCUT2D eigenvalue weighted by atomic mass is 10.0. The Labute approximate surface area is 171 Å². The maximum atomic E-state index is 12.6. The average molecular weight is 403 g/mol. The first-order chi connectivity index (χ1) is 13.6. The molecule has 0 amide bonds. The second-order valence-corrected chi connectivity index (χ2v) is 7.41. The zero-order chi connectivity index (χ0) is 19.9. The second kappa shape index (κ2) is 10.0. The molecule has 150 valence electrons. The zero-order valence-corrected chi connectivity index (χ0v) is 16.9. The summed E-state index contributed by atoms with van der Waals surface area (Å²) in [5.74, 6) is -0.234. The summed E-state index contributed by atoms with van der Waals surface area (Å²) in [6.45, 7) is 5.79. The number of halogens is 1. The Morgan fingerprint density at radius 3 is 2.29 bits per heavy atom. The van der Waals surface area contributed by atoms with E-state index in [4.69, 9.17) is 16.3 Å². The number of carbonyl (C=O) groups excluding carboxylic acids is 1. The Morgan fingerprint density at radius 1 is 1.04 bits per heavy atom. The van der Waals surface area contributed by atoms with Crippen molar-refractivity contribution in [3.63, 3.8) is 0 Å². The van der Waals surface area contributed by atoms with Gasteiger partial charge in [0.1, 0.15) is 6.04 Å². The molecule has 0 spiro atoms. The zero-order valence-electron chi connectivity index (χ0n) is 16.1. The van der Waals surface area contributed by atoms with Crippen molar-refractivity contribution in [3.05, 3.63) is 70.7 Å². The third-order valence-corrected chi connectivity index (χ3v) is 5.34. The number of carbonyl (C=O) groups is 1. The summed E-state index contributed by atoms with van der Waals surface area (Å²) in [4.78, 5) is 17.0. The largest absolute Gasteiger partial charge is 0.465 e. The summed E-state index contributed by atoms with van der Waals surface area (Å²) < 4.78 is 5.32. The molecule has 28 heavy (non-hydrogen) atoms. The minimum Gasteiger partial charge on any atom is -0.465 e. The first-order valence-corrected chi connectivity index (χ1v) is 10.1. The van der Waals surface area contributed by atoms with Gasteiger partial charge in [-0.2, -0.15) is 0 Å². The van der Waals surface area contributed by atoms with E-state index >= 15 is 0 Å². The Morgan fingerprint density at radius 2 is 1.68 bits per heavy atom. The van der Waals surface area contributed by atoms with E-state index < -0.39 is 12.1 Å². The maximum absolute atomic E-state index is 12.6. The van der Waals surface area contributed by atoms with Crippen LogP contribution in [0.15, 0.2) is 54.6 Å². The standard InChI is InChI=1S/C22H27ClN2O3/c1-2-28-22(27)21(18-8-10-19(23)11-9-18)25-14-12-24(13-15-25)16-20(26)17-6-4-3-5-7-17/h3-11,20-21,26H,2,12-16H2,1H3. The molecule has 2 unspecified atom stereocenters. The number of ether oxygens (including phenoxy) is 1. The number of esters is 1. The quantitative estimate of drug-likeness (QED) is 0.720. The van der Waals surface area contributed by atoms with Gasteiger partial charge in [-0.3, -0.25) is 9.80 Å². The van der Waals surface area contributed by atoms with Crippen molar-refractivity contribution in [2.24, 2.45) is 0 Å². The van der Waals surface area contributed by atoms with Crippen LogP contribution < -0.4 is 0 Å². The monoisotopic (exact) mass is 402 g/mol. The molecule has 0 bridgehead atoms. The van der Waals surface area contributed by atoms with Gasteiger partial charge in [0.15, 0.2) is 0 Å². The minimum atomic E-state index is -0.509. The summed E-state index contributed by atoms with van der Waals surface area (Å²) in [6, 6.07) is 16.6. The van der Waals surface area contributed by atoms with E-state index in [0.29, 0.717) is 18.2 Å². The van der Waals surface area contributed by atoms with Crippen LogP contribution in [0.3, 0.4) is 0 Å². The molecule has 1 N–H and O–H groups in total. The van der Waals surface area contributed by atoms with Crippen LogP contribution in [0.5, 0.6) is 0 Å². The third kappa shape index (κ3) is 5.32. The van der Waals surface area contributed by atoms with Crippen molar-refractivity contribution >= 4 is 17.6 Å². The van der Waals surface area contributed by atoms with Gasteiger partial charge < -0.3 is 9.84 Å². The topological polar surface area (TPSA) is 53.0 Å². The number of piperazine rings is 1. The first-order valence-electron chi connectivity index (χ1n) is 9.70. The van der Waals surface area contributed by atoms with E-state index in [1.165, 1.54) is 0 Å². The molecule has 0 aliphatic carbocycles. The van der Waals surface area contributed by atoms with E-state index in [0.717, 1.165) is 37.3 Å². The Kier molecular flexibility index (Phi) is 7.45. The van der Waals surface area contributed by atoms with E-state index in [2.05, 4.69) is 9.80 Å². The number of aliphatic hydroxyl groups excluding tert-OH is 1. The van der Waals surface area contributed by atoms with Crippen molar-refractivity contribution < 1.29 is 14.6 Å². The van der Waals surface area contributed by atoms with Crippen molar-refractivity contribution in [2.75, 3.05) is 39.3 Å². The summed E-state index contributed by atoms with van der Waals surface area (Å²) in [7, 11) is 0. The number of nitrogens with zero attached hydrogens (tertiary/aromatic N) is 2. The van der Waals surface area contributed by atoms with E-state index in [1.54, 1.807) is 12.1 Å². The first kappa shape index (κ1) is 20.8. The Bertz CT molecular complexity index is 746. The fraction of sp³-hybridized carbons (Fsp3) is 0.409. The molecule has 2 aromatic rings. The maximum Gasteiger partial charge on any atom is 0.328 e. The molecule has 6 heteroatoms. The van der Waals surface area contributed by atoms with Crippen molar-refractivity contribution in [1.82, 2.24) is 9.80 Å². The van der Waals surface area contributed by atoms with Crippen molar-refractivity contribution in [2.45, 2.75) is 19.1 Å². The lowest BCUT2D eigenvalue weighted by Crippen LogP contribution is -2.50. The van der Waals surface area contributed by atoms with Gasteiger partial charge in [-0.05, 0) is 30.2 Å². The molecule has 2 aromatic carbocycles. The number of aliphatic hydroxyl groups is 1. The van der Waals surface area contributed by atoms with E-state index in [1.807, 2.05) is 49.4 Å². The minimum absolute atomic E-state index is 0.234. The van der Waals surface area contributed by atoms with Crippen LogP contribution in [-0.2, 0) is 9.53 Å². The fourth-order valence-electron chi connectivity index (χ4n) is 3.59. The summed E-state index contributed by atoms with van der Waals surface area (Å²) >= 11 is 6.00. The molecule has 1 heterocycles. The fourth-order valence-corrected chi connectivity index (χ4v) is 3.72. The van der Waals surface area contributed by atoms with Crippen molar-refractivity contribution in [3.8, 4) is 0 Å². The lowest BCUT2D eigenvalue weighted by molar-refractivity contribution is -0.150. The summed E-state index contributed by atoms with van der Waals surface area (Å²) in [5.41, 5.74) is 1.82. The molecule has 0 saturated carbocycles. The summed E-state index contributed by atoms with van der Waals surface area (Å²) in [5, 5.41) is 11.1. The van der Waals surface area contributed by atoms with Gasteiger partial charge in [0, 0.05) is 37.7 Å². The highest BCUT2D eigenvalue weighted by molar-refractivity contribution is 6.30. The number of rotatable bonds is 7. The van der Waals surface area contributed by atoms with Crippen LogP contribution in [0.2, 0.25) is 5.02 Å². The van der Waals surface area contributed by atoms with Crippen LogP contribution >= 0.6 is 11.6 Å². The molecule has 2 atom stereocenters. The Hall–Kier alpha value is -1.92. The molecule has 5 nitrogen and oxygen atoms in total.